The number of para-hydroxylation sites is 1. The van der Waals surface area contributed by atoms with Gasteiger partial charge in [-0.05, 0) is 54.1 Å². The Hall–Kier alpha value is -3.31. The van der Waals surface area contributed by atoms with E-state index in [9.17, 15) is 4.79 Å². The molecule has 0 bridgehead atoms. The van der Waals surface area contributed by atoms with Crippen LogP contribution in [0.4, 0.5) is 0 Å². The number of amidine groups is 1. The highest BCUT2D eigenvalue weighted by Crippen LogP contribution is 2.34. The van der Waals surface area contributed by atoms with E-state index in [1.54, 1.807) is 4.90 Å². The largest absolute Gasteiger partial charge is 0.342 e. The van der Waals surface area contributed by atoms with Crippen LogP contribution in [0.5, 0.6) is 0 Å². The van der Waals surface area contributed by atoms with Crippen LogP contribution in [-0.4, -0.2) is 33.6 Å². The molecule has 5 rings (SSSR count). The van der Waals surface area contributed by atoms with E-state index >= 15 is 0 Å². The maximum absolute atomic E-state index is 13.0. The molecule has 1 aromatic heterocycles. The van der Waals surface area contributed by atoms with Crippen LogP contribution in [-0.2, 0) is 11.3 Å². The van der Waals surface area contributed by atoms with Crippen molar-refractivity contribution in [3.8, 4) is 0 Å². The molecule has 0 spiro atoms. The fourth-order valence-corrected chi connectivity index (χ4v) is 5.41. The van der Waals surface area contributed by atoms with Crippen molar-refractivity contribution in [1.82, 2.24) is 9.47 Å². The van der Waals surface area contributed by atoms with Crippen molar-refractivity contribution in [2.45, 2.75) is 20.4 Å². The number of carbonyl (C=O) groups is 1. The molecule has 160 valence electrons. The lowest BCUT2D eigenvalue weighted by Crippen LogP contribution is -2.28. The van der Waals surface area contributed by atoms with Gasteiger partial charge < -0.3 is 4.57 Å². The van der Waals surface area contributed by atoms with Gasteiger partial charge in [0.2, 0.25) is 0 Å². The number of fused-ring (bicyclic) bond motifs is 2. The van der Waals surface area contributed by atoms with Crippen molar-refractivity contribution in [1.29, 1.82) is 0 Å². The molecule has 0 aliphatic carbocycles. The summed E-state index contributed by atoms with van der Waals surface area (Å²) >= 11 is 1.47. The second-order valence-electron chi connectivity index (χ2n) is 7.78. The zero-order chi connectivity index (χ0) is 22.1. The van der Waals surface area contributed by atoms with Crippen LogP contribution in [0.1, 0.15) is 25.0 Å². The molecule has 1 aliphatic heterocycles. The molecule has 2 heterocycles. The molecule has 0 atom stereocenters. The SMILES string of the molecule is CCN=C1S/C(=C/c2cn(Cc3cccc4ccccc34)c3ccccc23)C(=O)N1CC. The van der Waals surface area contributed by atoms with Gasteiger partial charge in [0.1, 0.15) is 0 Å². The third kappa shape index (κ3) is 3.63. The molecule has 4 nitrogen and oxygen atoms in total. The monoisotopic (exact) mass is 439 g/mol. The molecule has 3 aromatic carbocycles. The number of carbonyl (C=O) groups excluding carboxylic acids is 1. The molecule has 5 heteroatoms. The van der Waals surface area contributed by atoms with Crippen LogP contribution in [0.3, 0.4) is 0 Å². The van der Waals surface area contributed by atoms with Crippen molar-refractivity contribution in [2.24, 2.45) is 4.99 Å². The van der Waals surface area contributed by atoms with E-state index in [2.05, 4.69) is 82.5 Å². The lowest BCUT2D eigenvalue weighted by atomic mass is 10.0. The number of nitrogens with zero attached hydrogens (tertiary/aromatic N) is 3. The van der Waals surface area contributed by atoms with Crippen molar-refractivity contribution in [3.63, 3.8) is 0 Å². The third-order valence-electron chi connectivity index (χ3n) is 5.82. The van der Waals surface area contributed by atoms with Gasteiger partial charge in [-0.15, -0.1) is 0 Å². The zero-order valence-corrected chi connectivity index (χ0v) is 19.1. The fraction of sp³-hybridized carbons (Fsp3) is 0.185. The molecule has 1 fully saturated rings. The number of likely N-dealkylation sites (N-methyl/N-ethyl adjacent to an activating group) is 1. The Labute approximate surface area is 192 Å². The molecule has 1 aliphatic rings. The summed E-state index contributed by atoms with van der Waals surface area (Å²) in [5.74, 6) is 0.0376. The quantitative estimate of drug-likeness (QED) is 0.350. The minimum Gasteiger partial charge on any atom is -0.342 e. The fourth-order valence-electron chi connectivity index (χ4n) is 4.32. The second-order valence-corrected chi connectivity index (χ2v) is 8.79. The summed E-state index contributed by atoms with van der Waals surface area (Å²) in [7, 11) is 0. The van der Waals surface area contributed by atoms with E-state index < -0.39 is 0 Å². The average molecular weight is 440 g/mol. The highest BCUT2D eigenvalue weighted by atomic mass is 32.2. The summed E-state index contributed by atoms with van der Waals surface area (Å²) in [6, 6.07) is 23.4. The Morgan fingerprint density at radius 2 is 1.69 bits per heavy atom. The van der Waals surface area contributed by atoms with Crippen LogP contribution in [0.15, 0.2) is 82.8 Å². The van der Waals surface area contributed by atoms with Gasteiger partial charge in [-0.1, -0.05) is 60.7 Å². The minimum atomic E-state index is 0.0376. The topological polar surface area (TPSA) is 37.6 Å². The Balaban J connectivity index is 1.57. The van der Waals surface area contributed by atoms with Crippen LogP contribution in [0, 0.1) is 0 Å². The lowest BCUT2D eigenvalue weighted by Gasteiger charge is -2.11. The zero-order valence-electron chi connectivity index (χ0n) is 18.3. The minimum absolute atomic E-state index is 0.0376. The van der Waals surface area contributed by atoms with Gasteiger partial charge in [0.05, 0.1) is 4.91 Å². The maximum atomic E-state index is 13.0. The predicted molar refractivity (Wildman–Crippen MR) is 136 cm³/mol. The van der Waals surface area contributed by atoms with Crippen molar-refractivity contribution >= 4 is 50.6 Å². The van der Waals surface area contributed by atoms with Crippen LogP contribution < -0.4 is 0 Å². The molecule has 0 saturated carbocycles. The second kappa shape index (κ2) is 8.67. The van der Waals surface area contributed by atoms with Crippen molar-refractivity contribution in [3.05, 3.63) is 89.0 Å². The molecular weight excluding hydrogens is 414 g/mol. The van der Waals surface area contributed by atoms with Gasteiger partial charge in [0, 0.05) is 42.3 Å². The Kier molecular flexibility index (Phi) is 5.58. The summed E-state index contributed by atoms with van der Waals surface area (Å²) in [6.07, 6.45) is 4.19. The molecule has 0 radical (unpaired) electrons. The summed E-state index contributed by atoms with van der Waals surface area (Å²) < 4.78 is 2.28. The van der Waals surface area contributed by atoms with E-state index in [0.29, 0.717) is 13.1 Å². The number of amides is 1. The maximum Gasteiger partial charge on any atom is 0.266 e. The van der Waals surface area contributed by atoms with E-state index in [1.807, 2.05) is 19.9 Å². The van der Waals surface area contributed by atoms with Crippen LogP contribution in [0.2, 0.25) is 0 Å². The predicted octanol–water partition coefficient (Wildman–Crippen LogP) is 6.15. The first-order valence-corrected chi connectivity index (χ1v) is 11.8. The van der Waals surface area contributed by atoms with Gasteiger partial charge >= 0.3 is 0 Å². The number of benzene rings is 3. The van der Waals surface area contributed by atoms with E-state index in [4.69, 9.17) is 0 Å². The summed E-state index contributed by atoms with van der Waals surface area (Å²) in [4.78, 5) is 20.0. The summed E-state index contributed by atoms with van der Waals surface area (Å²) in [6.45, 7) is 6.06. The highest BCUT2D eigenvalue weighted by molar-refractivity contribution is 8.18. The van der Waals surface area contributed by atoms with Gasteiger partial charge in [-0.2, -0.15) is 0 Å². The molecule has 1 amide bonds. The number of hydrogen-bond donors (Lipinski definition) is 0. The van der Waals surface area contributed by atoms with Crippen LogP contribution in [0.25, 0.3) is 27.8 Å². The summed E-state index contributed by atoms with van der Waals surface area (Å²) in [5, 5.41) is 4.47. The average Bonchev–Trinajstić information content (AvgIpc) is 3.31. The normalized spacial score (nSPS) is 16.8. The van der Waals surface area contributed by atoms with Crippen LogP contribution >= 0.6 is 11.8 Å². The number of aromatic nitrogens is 1. The molecule has 32 heavy (non-hydrogen) atoms. The first kappa shape index (κ1) is 20.6. The van der Waals surface area contributed by atoms with E-state index in [0.717, 1.165) is 33.1 Å². The summed E-state index contributed by atoms with van der Waals surface area (Å²) in [5.41, 5.74) is 3.51. The number of rotatable bonds is 5. The Morgan fingerprint density at radius 1 is 0.938 bits per heavy atom. The van der Waals surface area contributed by atoms with Gasteiger partial charge in [-0.25, -0.2) is 0 Å². The third-order valence-corrected chi connectivity index (χ3v) is 6.87. The van der Waals surface area contributed by atoms with Gasteiger partial charge in [0.25, 0.3) is 5.91 Å². The molecule has 1 saturated heterocycles. The van der Waals surface area contributed by atoms with E-state index in [-0.39, 0.29) is 5.91 Å². The first-order chi connectivity index (χ1) is 15.7. The standard InChI is InChI=1S/C27H25N3OS/c1-3-28-27-30(4-2)26(31)25(32-27)16-21-18-29(24-15-8-7-14-23(21)24)17-20-12-9-11-19-10-5-6-13-22(19)20/h5-16,18H,3-4,17H2,1-2H3/b25-16+,28-27?. The highest BCUT2D eigenvalue weighted by Gasteiger charge is 2.32. The smallest absolute Gasteiger partial charge is 0.266 e. The Bertz CT molecular complexity index is 1380. The molecular formula is C27H25N3OS. The number of hydrogen-bond acceptors (Lipinski definition) is 3. The number of thioether (sulfide) groups is 1. The van der Waals surface area contributed by atoms with Crippen molar-refractivity contribution in [2.75, 3.05) is 13.1 Å². The van der Waals surface area contributed by atoms with Crippen molar-refractivity contribution < 1.29 is 4.79 Å². The molecule has 0 N–H and O–H groups in total. The van der Waals surface area contributed by atoms with Gasteiger partial charge in [0.15, 0.2) is 5.17 Å². The first-order valence-electron chi connectivity index (χ1n) is 11.0. The molecule has 4 aromatic rings. The lowest BCUT2D eigenvalue weighted by molar-refractivity contribution is -0.122. The van der Waals surface area contributed by atoms with Gasteiger partial charge in [-0.3, -0.25) is 14.7 Å². The van der Waals surface area contributed by atoms with E-state index in [1.165, 1.54) is 28.1 Å². The number of aliphatic imine (C=N–C) groups is 1. The Morgan fingerprint density at radius 3 is 2.50 bits per heavy atom. The molecule has 0 unspecified atom stereocenters.